The molecule has 5 nitrogen and oxygen atoms in total. The van der Waals surface area contributed by atoms with Crippen molar-refractivity contribution in [3.05, 3.63) is 28.3 Å². The maximum Gasteiger partial charge on any atom is 0.256 e. The van der Waals surface area contributed by atoms with Gasteiger partial charge in [-0.05, 0) is 30.8 Å². The molecular formula is C13H14FN3O2S. The van der Waals surface area contributed by atoms with E-state index in [1.165, 1.54) is 12.1 Å². The molecule has 0 saturated carbocycles. The Labute approximate surface area is 119 Å². The number of likely N-dealkylation sites (N-methyl/N-ethyl adjacent to an activating group) is 1. The number of nitrogens with one attached hydrogen (secondary N) is 2. The molecule has 0 spiro atoms. The van der Waals surface area contributed by atoms with Crippen LogP contribution < -0.4 is 0 Å². The summed E-state index contributed by atoms with van der Waals surface area (Å²) in [5.74, 6) is -0.711. The summed E-state index contributed by atoms with van der Waals surface area (Å²) in [6.07, 6.45) is 0.795. The van der Waals surface area contributed by atoms with Crippen molar-refractivity contribution in [2.45, 2.75) is 12.5 Å². The van der Waals surface area contributed by atoms with Gasteiger partial charge < -0.3 is 19.6 Å². The number of aromatic amines is 2. The second-order valence-electron chi connectivity index (χ2n) is 4.89. The summed E-state index contributed by atoms with van der Waals surface area (Å²) in [7, 11) is 1.71. The van der Waals surface area contributed by atoms with E-state index in [0.717, 1.165) is 6.42 Å². The third kappa shape index (κ3) is 2.23. The van der Waals surface area contributed by atoms with Crippen molar-refractivity contribution in [2.24, 2.45) is 0 Å². The number of hydrogen-bond donors (Lipinski definition) is 2. The largest absolute Gasteiger partial charge is 0.379 e. The van der Waals surface area contributed by atoms with E-state index < -0.39 is 5.82 Å². The Balaban J connectivity index is 2.04. The van der Waals surface area contributed by atoms with Gasteiger partial charge in [0.05, 0.1) is 29.2 Å². The Morgan fingerprint density at radius 1 is 1.50 bits per heavy atom. The van der Waals surface area contributed by atoms with Crippen LogP contribution in [0.3, 0.4) is 0 Å². The van der Waals surface area contributed by atoms with Crippen LogP contribution in [0.5, 0.6) is 0 Å². The zero-order valence-corrected chi connectivity index (χ0v) is 11.7. The first-order valence-corrected chi connectivity index (χ1v) is 6.73. The zero-order valence-electron chi connectivity index (χ0n) is 10.9. The highest BCUT2D eigenvalue weighted by molar-refractivity contribution is 7.71. The molecule has 1 aliphatic heterocycles. The van der Waals surface area contributed by atoms with Gasteiger partial charge in [0.2, 0.25) is 0 Å². The summed E-state index contributed by atoms with van der Waals surface area (Å²) in [6.45, 7) is 1.16. The van der Waals surface area contributed by atoms with Crippen molar-refractivity contribution in [1.29, 1.82) is 0 Å². The summed E-state index contributed by atoms with van der Waals surface area (Å²) in [5, 5.41) is 0. The maximum atomic E-state index is 13.6. The molecule has 2 aromatic rings. The molecule has 0 radical (unpaired) electrons. The molecular weight excluding hydrogens is 281 g/mol. The Bertz CT molecular complexity index is 718. The molecule has 1 aromatic heterocycles. The number of amides is 1. The first kappa shape index (κ1) is 13.3. The molecule has 0 aliphatic carbocycles. The van der Waals surface area contributed by atoms with Gasteiger partial charge in [0.25, 0.3) is 5.91 Å². The first-order valence-electron chi connectivity index (χ1n) is 6.32. The standard InChI is InChI=1S/C13H14FN3O2S/c1-17(8-2-3-19-6-8)12(18)9-4-7(14)5-10-11(9)16-13(20)15-10/h4-5,8H,2-3,6H2,1H3,(H2,15,16,20)/t8-/m1/s1. The van der Waals surface area contributed by atoms with Crippen LogP contribution in [-0.2, 0) is 4.74 Å². The minimum Gasteiger partial charge on any atom is -0.379 e. The number of ether oxygens (including phenoxy) is 1. The second-order valence-corrected chi connectivity index (χ2v) is 5.30. The molecule has 3 rings (SSSR count). The van der Waals surface area contributed by atoms with E-state index in [1.54, 1.807) is 11.9 Å². The van der Waals surface area contributed by atoms with E-state index in [0.29, 0.717) is 29.0 Å². The molecule has 2 N–H and O–H groups in total. The predicted octanol–water partition coefficient (Wildman–Crippen LogP) is 2.23. The lowest BCUT2D eigenvalue weighted by Crippen LogP contribution is -2.37. The number of nitrogens with zero attached hydrogens (tertiary/aromatic N) is 1. The Hall–Kier alpha value is -1.73. The van der Waals surface area contributed by atoms with Crippen molar-refractivity contribution in [3.63, 3.8) is 0 Å². The minimum absolute atomic E-state index is 0.0303. The Morgan fingerprint density at radius 2 is 2.30 bits per heavy atom. The number of hydrogen-bond acceptors (Lipinski definition) is 3. The molecule has 1 saturated heterocycles. The average Bonchev–Trinajstić information content (AvgIpc) is 3.04. The van der Waals surface area contributed by atoms with Crippen LogP contribution in [0.25, 0.3) is 11.0 Å². The summed E-state index contributed by atoms with van der Waals surface area (Å²) in [6, 6.07) is 2.58. The molecule has 106 valence electrons. The van der Waals surface area contributed by atoms with Gasteiger partial charge in [0.15, 0.2) is 4.77 Å². The summed E-state index contributed by atoms with van der Waals surface area (Å²) < 4.78 is 19.3. The molecule has 7 heteroatoms. The van der Waals surface area contributed by atoms with Gasteiger partial charge in [0, 0.05) is 13.7 Å². The third-order valence-corrected chi connectivity index (χ3v) is 3.80. The number of benzene rings is 1. The lowest BCUT2D eigenvalue weighted by molar-refractivity contribution is 0.0712. The van der Waals surface area contributed by atoms with Crippen molar-refractivity contribution in [1.82, 2.24) is 14.9 Å². The Kier molecular flexibility index (Phi) is 3.31. The molecule has 1 amide bonds. The van der Waals surface area contributed by atoms with Gasteiger partial charge in [-0.15, -0.1) is 0 Å². The second kappa shape index (κ2) is 4.99. The number of rotatable bonds is 2. The molecule has 0 unspecified atom stereocenters. The van der Waals surface area contributed by atoms with E-state index in [2.05, 4.69) is 9.97 Å². The summed E-state index contributed by atoms with van der Waals surface area (Å²) >= 11 is 5.00. The summed E-state index contributed by atoms with van der Waals surface area (Å²) in [4.78, 5) is 19.9. The van der Waals surface area contributed by atoms with Crippen LogP contribution in [0.1, 0.15) is 16.8 Å². The maximum absolute atomic E-state index is 13.6. The third-order valence-electron chi connectivity index (χ3n) is 3.59. The highest BCUT2D eigenvalue weighted by atomic mass is 32.1. The van der Waals surface area contributed by atoms with Crippen molar-refractivity contribution in [2.75, 3.05) is 20.3 Å². The number of carbonyl (C=O) groups excluding carboxylic acids is 1. The van der Waals surface area contributed by atoms with Gasteiger partial charge in [-0.2, -0.15) is 0 Å². The fourth-order valence-corrected chi connectivity index (χ4v) is 2.67. The monoisotopic (exact) mass is 295 g/mol. The number of halogens is 1. The number of fused-ring (bicyclic) bond motifs is 1. The number of aromatic nitrogens is 2. The van der Waals surface area contributed by atoms with Crippen LogP contribution in [0.4, 0.5) is 4.39 Å². The van der Waals surface area contributed by atoms with E-state index in [1.807, 2.05) is 0 Å². The molecule has 1 fully saturated rings. The molecule has 1 atom stereocenters. The fraction of sp³-hybridized carbons (Fsp3) is 0.385. The number of imidazole rings is 1. The van der Waals surface area contributed by atoms with E-state index in [4.69, 9.17) is 17.0 Å². The Morgan fingerprint density at radius 3 is 3.00 bits per heavy atom. The van der Waals surface area contributed by atoms with Crippen LogP contribution in [0.15, 0.2) is 12.1 Å². The smallest absolute Gasteiger partial charge is 0.256 e. The lowest BCUT2D eigenvalue weighted by atomic mass is 10.1. The average molecular weight is 295 g/mol. The van der Waals surface area contributed by atoms with Gasteiger partial charge in [-0.1, -0.05) is 0 Å². The van der Waals surface area contributed by atoms with Crippen LogP contribution >= 0.6 is 12.2 Å². The first-order chi connectivity index (χ1) is 9.56. The fourth-order valence-electron chi connectivity index (χ4n) is 2.46. The van der Waals surface area contributed by atoms with E-state index in [-0.39, 0.29) is 17.5 Å². The van der Waals surface area contributed by atoms with Gasteiger partial charge in [-0.3, -0.25) is 4.79 Å². The number of H-pyrrole nitrogens is 2. The van der Waals surface area contributed by atoms with Gasteiger partial charge in [-0.25, -0.2) is 4.39 Å². The van der Waals surface area contributed by atoms with Gasteiger partial charge in [0.1, 0.15) is 5.82 Å². The zero-order chi connectivity index (χ0) is 14.3. The van der Waals surface area contributed by atoms with Crippen molar-refractivity contribution < 1.29 is 13.9 Å². The van der Waals surface area contributed by atoms with Crippen molar-refractivity contribution >= 4 is 29.2 Å². The number of carbonyl (C=O) groups is 1. The highest BCUT2D eigenvalue weighted by Crippen LogP contribution is 2.21. The van der Waals surface area contributed by atoms with E-state index >= 15 is 0 Å². The van der Waals surface area contributed by atoms with E-state index in [9.17, 15) is 9.18 Å². The highest BCUT2D eigenvalue weighted by Gasteiger charge is 2.26. The molecule has 1 aromatic carbocycles. The van der Waals surface area contributed by atoms with Crippen LogP contribution in [-0.4, -0.2) is 47.1 Å². The SMILES string of the molecule is CN(C(=O)c1cc(F)cc2[nH]c(=S)[nH]c12)[C@@H]1CCOC1. The topological polar surface area (TPSA) is 61.1 Å². The quantitative estimate of drug-likeness (QED) is 0.835. The predicted molar refractivity (Wildman–Crippen MR) is 74.8 cm³/mol. The lowest BCUT2D eigenvalue weighted by Gasteiger charge is -2.23. The molecule has 1 aliphatic rings. The molecule has 20 heavy (non-hydrogen) atoms. The normalized spacial score (nSPS) is 18.6. The van der Waals surface area contributed by atoms with Crippen LogP contribution in [0.2, 0.25) is 0 Å². The minimum atomic E-state index is -0.470. The summed E-state index contributed by atoms with van der Waals surface area (Å²) in [5.41, 5.74) is 1.31. The van der Waals surface area contributed by atoms with Gasteiger partial charge >= 0.3 is 0 Å². The molecule has 0 bridgehead atoms. The van der Waals surface area contributed by atoms with Crippen LogP contribution in [0, 0.1) is 10.6 Å². The van der Waals surface area contributed by atoms with Crippen molar-refractivity contribution in [3.8, 4) is 0 Å². The molecule has 2 heterocycles.